The van der Waals surface area contributed by atoms with Gasteiger partial charge in [-0.15, -0.1) is 12.4 Å². The van der Waals surface area contributed by atoms with Crippen molar-refractivity contribution in [2.24, 2.45) is 11.7 Å². The number of nitrogens with two attached hydrogens (primary N) is 1. The second-order valence-electron chi connectivity index (χ2n) is 5.29. The summed E-state index contributed by atoms with van der Waals surface area (Å²) < 4.78 is 10.5. The monoisotopic (exact) mass is 321 g/mol. The lowest BCUT2D eigenvalue weighted by molar-refractivity contribution is 0.128. The molecule has 0 saturated heterocycles. The minimum Gasteiger partial charge on any atom is -0.454 e. The van der Waals surface area contributed by atoms with Gasteiger partial charge in [-0.3, -0.25) is 0 Å². The Kier molecular flexibility index (Phi) is 6.40. The highest BCUT2D eigenvalue weighted by molar-refractivity contribution is 6.31. The Hall–Kier alpha value is -0.680. The Morgan fingerprint density at radius 3 is 2.45 bits per heavy atom. The summed E-state index contributed by atoms with van der Waals surface area (Å²) in [6.45, 7) is 4.43. The number of halogens is 2. The van der Waals surface area contributed by atoms with E-state index >= 15 is 0 Å². The van der Waals surface area contributed by atoms with Crippen LogP contribution in [0.4, 0.5) is 0 Å². The molecule has 0 unspecified atom stereocenters. The number of benzene rings is 1. The average Bonchev–Trinajstić information content (AvgIpc) is 2.80. The predicted molar refractivity (Wildman–Crippen MR) is 81.8 cm³/mol. The highest BCUT2D eigenvalue weighted by Crippen LogP contribution is 2.39. The summed E-state index contributed by atoms with van der Waals surface area (Å²) in [5.41, 5.74) is 6.79. The summed E-state index contributed by atoms with van der Waals surface area (Å²) in [7, 11) is 0. The third-order valence-electron chi connectivity index (χ3n) is 3.31. The second kappa shape index (κ2) is 7.36. The van der Waals surface area contributed by atoms with E-state index in [0.29, 0.717) is 34.4 Å². The molecule has 1 aliphatic heterocycles. The first kappa shape index (κ1) is 17.4. The molecule has 1 aliphatic rings. The van der Waals surface area contributed by atoms with Gasteiger partial charge in [-0.2, -0.15) is 0 Å². The highest BCUT2D eigenvalue weighted by Gasteiger charge is 2.23. The third kappa shape index (κ3) is 3.92. The summed E-state index contributed by atoms with van der Waals surface area (Å²) in [5, 5.41) is 10.6. The van der Waals surface area contributed by atoms with Crippen LogP contribution < -0.4 is 15.2 Å². The first-order valence-corrected chi connectivity index (χ1v) is 6.89. The standard InChI is InChI=1S/C14H20ClNO3.ClH/c1-8(2)3-4-11(17)14(16)9-5-12-13(6-10(9)15)19-7-18-12;/h5-6,8,11,14,17H,3-4,7,16H2,1-2H3;1H/t11-,14+;/m1./s1. The van der Waals surface area contributed by atoms with Crippen molar-refractivity contribution in [3.05, 3.63) is 22.7 Å². The van der Waals surface area contributed by atoms with E-state index in [1.807, 2.05) is 0 Å². The Labute approximate surface area is 130 Å². The fourth-order valence-corrected chi connectivity index (χ4v) is 2.36. The van der Waals surface area contributed by atoms with Crippen molar-refractivity contribution in [2.75, 3.05) is 6.79 Å². The maximum Gasteiger partial charge on any atom is 0.231 e. The molecule has 0 fully saturated rings. The van der Waals surface area contributed by atoms with Gasteiger partial charge in [0.1, 0.15) is 0 Å². The van der Waals surface area contributed by atoms with Gasteiger partial charge in [0.2, 0.25) is 6.79 Å². The van der Waals surface area contributed by atoms with Crippen molar-refractivity contribution in [1.82, 2.24) is 0 Å². The summed E-state index contributed by atoms with van der Waals surface area (Å²) in [4.78, 5) is 0. The minimum absolute atomic E-state index is 0. The Morgan fingerprint density at radius 1 is 1.25 bits per heavy atom. The van der Waals surface area contributed by atoms with E-state index < -0.39 is 12.1 Å². The van der Waals surface area contributed by atoms with Crippen LogP contribution in [-0.2, 0) is 0 Å². The molecule has 2 rings (SSSR count). The molecule has 20 heavy (non-hydrogen) atoms. The molecular formula is C14H21Cl2NO3. The van der Waals surface area contributed by atoms with Crippen molar-refractivity contribution in [2.45, 2.75) is 38.8 Å². The van der Waals surface area contributed by atoms with Crippen LogP contribution in [0.3, 0.4) is 0 Å². The first-order valence-electron chi connectivity index (χ1n) is 6.51. The zero-order valence-electron chi connectivity index (χ0n) is 11.6. The number of fused-ring (bicyclic) bond motifs is 1. The minimum atomic E-state index is -0.611. The lowest BCUT2D eigenvalue weighted by Gasteiger charge is -2.21. The number of hydrogen-bond donors (Lipinski definition) is 2. The number of aliphatic hydroxyl groups excluding tert-OH is 1. The Morgan fingerprint density at radius 2 is 1.85 bits per heavy atom. The van der Waals surface area contributed by atoms with Crippen LogP contribution in [0.1, 0.15) is 38.3 Å². The normalized spacial score (nSPS) is 15.9. The molecule has 4 nitrogen and oxygen atoms in total. The first-order chi connectivity index (χ1) is 8.99. The summed E-state index contributed by atoms with van der Waals surface area (Å²) in [6.07, 6.45) is 0.973. The van der Waals surface area contributed by atoms with Crippen molar-refractivity contribution < 1.29 is 14.6 Å². The zero-order chi connectivity index (χ0) is 14.0. The summed E-state index contributed by atoms with van der Waals surface area (Å²) >= 11 is 6.18. The predicted octanol–water partition coefficient (Wildman–Crippen LogP) is 3.29. The van der Waals surface area contributed by atoms with Crippen molar-refractivity contribution >= 4 is 24.0 Å². The SMILES string of the molecule is CC(C)CC[C@@H](O)[C@@H](N)c1cc2c(cc1Cl)OCO2.Cl. The molecule has 0 amide bonds. The van der Waals surface area contributed by atoms with E-state index in [0.717, 1.165) is 6.42 Å². The number of aliphatic hydroxyl groups is 1. The van der Waals surface area contributed by atoms with E-state index in [9.17, 15) is 5.11 Å². The molecule has 114 valence electrons. The summed E-state index contributed by atoms with van der Waals surface area (Å²) in [6, 6.07) is 2.93. The van der Waals surface area contributed by atoms with Gasteiger partial charge in [-0.1, -0.05) is 25.4 Å². The van der Waals surface area contributed by atoms with Crippen LogP contribution in [0.5, 0.6) is 11.5 Å². The largest absolute Gasteiger partial charge is 0.454 e. The van der Waals surface area contributed by atoms with E-state index in [-0.39, 0.29) is 19.2 Å². The van der Waals surface area contributed by atoms with Gasteiger partial charge in [0.05, 0.1) is 12.1 Å². The van der Waals surface area contributed by atoms with E-state index in [2.05, 4.69) is 13.8 Å². The Bertz CT molecular complexity index is 454. The smallest absolute Gasteiger partial charge is 0.231 e. The van der Waals surface area contributed by atoms with Crippen molar-refractivity contribution in [3.8, 4) is 11.5 Å². The van der Waals surface area contributed by atoms with Gasteiger partial charge in [-0.25, -0.2) is 0 Å². The van der Waals surface area contributed by atoms with Gasteiger partial charge in [0, 0.05) is 11.1 Å². The van der Waals surface area contributed by atoms with Gasteiger partial charge in [0.25, 0.3) is 0 Å². The number of ether oxygens (including phenoxy) is 2. The van der Waals surface area contributed by atoms with Gasteiger partial charge >= 0.3 is 0 Å². The molecule has 2 atom stereocenters. The molecule has 1 aromatic carbocycles. The molecule has 1 heterocycles. The molecule has 3 N–H and O–H groups in total. The van der Waals surface area contributed by atoms with Crippen LogP contribution >= 0.6 is 24.0 Å². The zero-order valence-corrected chi connectivity index (χ0v) is 13.2. The quantitative estimate of drug-likeness (QED) is 0.873. The van der Waals surface area contributed by atoms with E-state index in [1.54, 1.807) is 12.1 Å². The number of hydrogen-bond acceptors (Lipinski definition) is 4. The van der Waals surface area contributed by atoms with Crippen molar-refractivity contribution in [3.63, 3.8) is 0 Å². The molecule has 0 spiro atoms. The molecule has 0 aliphatic carbocycles. The molecular weight excluding hydrogens is 301 g/mol. The van der Waals surface area contributed by atoms with E-state index in [4.69, 9.17) is 26.8 Å². The third-order valence-corrected chi connectivity index (χ3v) is 3.63. The highest BCUT2D eigenvalue weighted by atomic mass is 35.5. The van der Waals surface area contributed by atoms with Crippen LogP contribution in [0.2, 0.25) is 5.02 Å². The molecule has 0 aromatic heterocycles. The summed E-state index contributed by atoms with van der Waals surface area (Å²) in [5.74, 6) is 1.79. The topological polar surface area (TPSA) is 64.7 Å². The molecule has 6 heteroatoms. The average molecular weight is 322 g/mol. The molecule has 0 saturated carbocycles. The van der Waals surface area contributed by atoms with E-state index in [1.165, 1.54) is 0 Å². The molecule has 0 bridgehead atoms. The lowest BCUT2D eigenvalue weighted by Crippen LogP contribution is -2.26. The van der Waals surface area contributed by atoms with Crippen molar-refractivity contribution in [1.29, 1.82) is 0 Å². The molecule has 0 radical (unpaired) electrons. The van der Waals surface area contributed by atoms with Gasteiger partial charge in [0.15, 0.2) is 11.5 Å². The maximum atomic E-state index is 10.1. The second-order valence-corrected chi connectivity index (χ2v) is 5.70. The van der Waals surface area contributed by atoms with Crippen LogP contribution in [0.15, 0.2) is 12.1 Å². The fourth-order valence-electron chi connectivity index (χ4n) is 2.08. The number of rotatable bonds is 5. The van der Waals surface area contributed by atoms with Crippen LogP contribution in [0, 0.1) is 5.92 Å². The Balaban J connectivity index is 0.00000200. The van der Waals surface area contributed by atoms with Gasteiger partial charge in [-0.05, 0) is 30.4 Å². The lowest BCUT2D eigenvalue weighted by atomic mass is 9.95. The van der Waals surface area contributed by atoms with Gasteiger partial charge < -0.3 is 20.3 Å². The van der Waals surface area contributed by atoms with Crippen LogP contribution in [-0.4, -0.2) is 18.0 Å². The molecule has 1 aromatic rings. The fraction of sp³-hybridized carbons (Fsp3) is 0.571. The van der Waals surface area contributed by atoms with Crippen LogP contribution in [0.25, 0.3) is 0 Å². The maximum absolute atomic E-state index is 10.1.